The first kappa shape index (κ1) is 12.5. The van der Waals surface area contributed by atoms with Crippen molar-refractivity contribution in [2.24, 2.45) is 5.92 Å². The molecular formula is C16H21NO2. The first-order valence-corrected chi connectivity index (χ1v) is 7.27. The molecule has 1 aliphatic carbocycles. The highest BCUT2D eigenvalue weighted by Crippen LogP contribution is 2.39. The number of benzene rings is 1. The molecular weight excluding hydrogens is 238 g/mol. The molecule has 1 aliphatic heterocycles. The number of carboxylic acid groups (broad SMARTS) is 1. The largest absolute Gasteiger partial charge is 0.481 e. The van der Waals surface area contributed by atoms with Gasteiger partial charge in [-0.1, -0.05) is 25.1 Å². The maximum absolute atomic E-state index is 11.1. The number of anilines is 1. The zero-order valence-corrected chi connectivity index (χ0v) is 11.4. The molecule has 3 rings (SSSR count). The standard InChI is InChI=1S/C16H21NO2/c1-11(16(18)19)10-13-5-2-4-12-8-9-17(15(12)13)14-6-3-7-14/h2,4-5,11,14H,3,6-10H2,1H3,(H,18,19). The predicted octanol–water partition coefficient (Wildman–Crippen LogP) is 2.86. The van der Waals surface area contributed by atoms with E-state index >= 15 is 0 Å². The Hall–Kier alpha value is -1.51. The third-order valence-corrected chi connectivity index (χ3v) is 4.58. The zero-order chi connectivity index (χ0) is 13.4. The number of hydrogen-bond acceptors (Lipinski definition) is 2. The monoisotopic (exact) mass is 259 g/mol. The van der Waals surface area contributed by atoms with Gasteiger partial charge in [0.25, 0.3) is 0 Å². The van der Waals surface area contributed by atoms with E-state index in [2.05, 4.69) is 23.1 Å². The number of carbonyl (C=O) groups is 1. The molecule has 102 valence electrons. The lowest BCUT2D eigenvalue weighted by atomic mass is 9.90. The van der Waals surface area contributed by atoms with E-state index in [4.69, 9.17) is 5.11 Å². The molecule has 0 aromatic heterocycles. The molecule has 0 amide bonds. The van der Waals surface area contributed by atoms with Crippen molar-refractivity contribution in [1.82, 2.24) is 0 Å². The maximum atomic E-state index is 11.1. The number of nitrogens with zero attached hydrogens (tertiary/aromatic N) is 1. The molecule has 1 aromatic rings. The second kappa shape index (κ2) is 4.87. The Bertz CT molecular complexity index is 494. The summed E-state index contributed by atoms with van der Waals surface area (Å²) in [6.45, 7) is 2.91. The first-order chi connectivity index (χ1) is 9.16. The number of aliphatic carboxylic acids is 1. The van der Waals surface area contributed by atoms with Crippen LogP contribution in [0.5, 0.6) is 0 Å². The van der Waals surface area contributed by atoms with Crippen LogP contribution in [-0.4, -0.2) is 23.7 Å². The molecule has 0 bridgehead atoms. The molecule has 3 nitrogen and oxygen atoms in total. The lowest BCUT2D eigenvalue weighted by Crippen LogP contribution is -2.39. The predicted molar refractivity (Wildman–Crippen MR) is 75.6 cm³/mol. The molecule has 0 spiro atoms. The summed E-state index contributed by atoms with van der Waals surface area (Å²) in [5.41, 5.74) is 3.97. The Kier molecular flexibility index (Phi) is 3.21. The van der Waals surface area contributed by atoms with Gasteiger partial charge in [-0.15, -0.1) is 0 Å². The minimum atomic E-state index is -0.703. The van der Waals surface area contributed by atoms with Crippen LogP contribution in [0.25, 0.3) is 0 Å². The molecule has 2 aliphatic rings. The third kappa shape index (κ3) is 2.22. The van der Waals surface area contributed by atoms with Crippen molar-refractivity contribution in [3.05, 3.63) is 29.3 Å². The van der Waals surface area contributed by atoms with Crippen LogP contribution < -0.4 is 4.90 Å². The van der Waals surface area contributed by atoms with E-state index in [1.165, 1.54) is 36.1 Å². The zero-order valence-electron chi connectivity index (χ0n) is 11.4. The lowest BCUT2D eigenvalue weighted by molar-refractivity contribution is -0.141. The van der Waals surface area contributed by atoms with Gasteiger partial charge in [0.2, 0.25) is 0 Å². The van der Waals surface area contributed by atoms with Crippen LogP contribution in [0.2, 0.25) is 0 Å². The molecule has 0 saturated heterocycles. The summed E-state index contributed by atoms with van der Waals surface area (Å²) in [7, 11) is 0. The van der Waals surface area contributed by atoms with Crippen LogP contribution in [0.4, 0.5) is 5.69 Å². The van der Waals surface area contributed by atoms with Gasteiger partial charge in [0.15, 0.2) is 0 Å². The Morgan fingerprint density at radius 1 is 1.47 bits per heavy atom. The number of carboxylic acids is 1. The minimum absolute atomic E-state index is 0.310. The van der Waals surface area contributed by atoms with Gasteiger partial charge in [-0.3, -0.25) is 4.79 Å². The lowest BCUT2D eigenvalue weighted by Gasteiger charge is -2.37. The van der Waals surface area contributed by atoms with E-state index < -0.39 is 5.97 Å². The van der Waals surface area contributed by atoms with E-state index in [1.54, 1.807) is 6.92 Å². The molecule has 1 aromatic carbocycles. The third-order valence-electron chi connectivity index (χ3n) is 4.58. The molecule has 19 heavy (non-hydrogen) atoms. The molecule has 1 N–H and O–H groups in total. The number of fused-ring (bicyclic) bond motifs is 1. The fourth-order valence-corrected chi connectivity index (χ4v) is 3.21. The molecule has 1 fully saturated rings. The molecule has 1 heterocycles. The van der Waals surface area contributed by atoms with E-state index in [9.17, 15) is 4.79 Å². The maximum Gasteiger partial charge on any atom is 0.306 e. The highest BCUT2D eigenvalue weighted by atomic mass is 16.4. The van der Waals surface area contributed by atoms with Gasteiger partial charge >= 0.3 is 5.97 Å². The summed E-state index contributed by atoms with van der Waals surface area (Å²) in [6, 6.07) is 7.08. The van der Waals surface area contributed by atoms with Crippen molar-refractivity contribution >= 4 is 11.7 Å². The minimum Gasteiger partial charge on any atom is -0.481 e. The Balaban J connectivity index is 1.89. The van der Waals surface area contributed by atoms with Crippen LogP contribution in [0.3, 0.4) is 0 Å². The van der Waals surface area contributed by atoms with E-state index in [0.29, 0.717) is 12.5 Å². The summed E-state index contributed by atoms with van der Waals surface area (Å²) >= 11 is 0. The molecule has 3 heteroatoms. The first-order valence-electron chi connectivity index (χ1n) is 7.27. The van der Waals surface area contributed by atoms with Crippen LogP contribution in [0.15, 0.2) is 18.2 Å². The molecule has 1 unspecified atom stereocenters. The van der Waals surface area contributed by atoms with Crippen LogP contribution >= 0.6 is 0 Å². The highest BCUT2D eigenvalue weighted by molar-refractivity contribution is 5.71. The van der Waals surface area contributed by atoms with Gasteiger partial charge < -0.3 is 10.0 Å². The van der Waals surface area contributed by atoms with E-state index in [1.807, 2.05) is 0 Å². The highest BCUT2D eigenvalue weighted by Gasteiger charge is 2.32. The Morgan fingerprint density at radius 3 is 2.89 bits per heavy atom. The average Bonchev–Trinajstić information content (AvgIpc) is 2.72. The smallest absolute Gasteiger partial charge is 0.306 e. The van der Waals surface area contributed by atoms with Gasteiger partial charge in [0, 0.05) is 18.3 Å². The quantitative estimate of drug-likeness (QED) is 0.904. The van der Waals surface area contributed by atoms with Crippen LogP contribution in [0, 0.1) is 5.92 Å². The van der Waals surface area contributed by atoms with E-state index in [0.717, 1.165) is 13.0 Å². The molecule has 1 atom stereocenters. The van der Waals surface area contributed by atoms with Crippen molar-refractivity contribution in [2.45, 2.75) is 45.1 Å². The van der Waals surface area contributed by atoms with Gasteiger partial charge in [-0.2, -0.15) is 0 Å². The number of para-hydroxylation sites is 1. The van der Waals surface area contributed by atoms with Gasteiger partial charge in [-0.05, 0) is 43.2 Å². The van der Waals surface area contributed by atoms with Gasteiger partial charge in [0.05, 0.1) is 5.92 Å². The summed E-state index contributed by atoms with van der Waals surface area (Å²) in [6.07, 6.45) is 5.68. The Labute approximate surface area is 114 Å². The van der Waals surface area contributed by atoms with Crippen molar-refractivity contribution < 1.29 is 9.90 Å². The molecule has 1 saturated carbocycles. The number of rotatable bonds is 4. The van der Waals surface area contributed by atoms with Gasteiger partial charge in [-0.25, -0.2) is 0 Å². The van der Waals surface area contributed by atoms with Crippen LogP contribution in [-0.2, 0) is 17.6 Å². The van der Waals surface area contributed by atoms with Gasteiger partial charge in [0.1, 0.15) is 0 Å². The van der Waals surface area contributed by atoms with E-state index in [-0.39, 0.29) is 5.92 Å². The topological polar surface area (TPSA) is 40.5 Å². The SMILES string of the molecule is CC(Cc1cccc2c1N(C1CCC1)CC2)C(=O)O. The summed E-state index contributed by atoms with van der Waals surface area (Å²) < 4.78 is 0. The summed E-state index contributed by atoms with van der Waals surface area (Å²) in [5, 5.41) is 9.11. The fourth-order valence-electron chi connectivity index (χ4n) is 3.21. The van der Waals surface area contributed by atoms with Crippen LogP contribution in [0.1, 0.15) is 37.3 Å². The second-order valence-corrected chi connectivity index (χ2v) is 5.90. The second-order valence-electron chi connectivity index (χ2n) is 5.90. The Morgan fingerprint density at radius 2 is 2.26 bits per heavy atom. The van der Waals surface area contributed by atoms with Crippen molar-refractivity contribution in [3.8, 4) is 0 Å². The summed E-state index contributed by atoms with van der Waals surface area (Å²) in [5.74, 6) is -1.01. The average molecular weight is 259 g/mol. The van der Waals surface area contributed by atoms with Crippen molar-refractivity contribution in [2.75, 3.05) is 11.4 Å². The summed E-state index contributed by atoms with van der Waals surface area (Å²) in [4.78, 5) is 13.6. The molecule has 0 radical (unpaired) electrons. The van der Waals surface area contributed by atoms with Crippen molar-refractivity contribution in [1.29, 1.82) is 0 Å². The number of hydrogen-bond donors (Lipinski definition) is 1. The normalized spacial score (nSPS) is 19.9. The van der Waals surface area contributed by atoms with Crippen molar-refractivity contribution in [3.63, 3.8) is 0 Å². The fraction of sp³-hybridized carbons (Fsp3) is 0.562.